The van der Waals surface area contributed by atoms with Gasteiger partial charge in [0.1, 0.15) is 5.75 Å². The van der Waals surface area contributed by atoms with E-state index in [1.165, 1.54) is 18.3 Å². The van der Waals surface area contributed by atoms with E-state index in [0.29, 0.717) is 16.9 Å². The van der Waals surface area contributed by atoms with Crippen molar-refractivity contribution in [1.82, 2.24) is 9.78 Å². The Morgan fingerprint density at radius 1 is 1.15 bits per heavy atom. The fraction of sp³-hybridized carbons (Fsp3) is 0.158. The van der Waals surface area contributed by atoms with Crippen LogP contribution in [0.3, 0.4) is 0 Å². The fourth-order valence-electron chi connectivity index (χ4n) is 2.62. The van der Waals surface area contributed by atoms with Crippen molar-refractivity contribution in [3.63, 3.8) is 0 Å². The molecule has 27 heavy (non-hydrogen) atoms. The van der Waals surface area contributed by atoms with Crippen molar-refractivity contribution in [2.24, 2.45) is 0 Å². The Morgan fingerprint density at radius 3 is 2.48 bits per heavy atom. The molecule has 0 fully saturated rings. The topological polar surface area (TPSA) is 90.3 Å². The van der Waals surface area contributed by atoms with E-state index in [4.69, 9.17) is 4.74 Å². The number of hydrogen-bond donors (Lipinski definition) is 1. The Hall–Kier alpha value is -3.13. The van der Waals surface area contributed by atoms with Gasteiger partial charge in [-0.05, 0) is 49.4 Å². The van der Waals surface area contributed by atoms with Crippen LogP contribution in [0.4, 0.5) is 5.69 Å². The minimum Gasteiger partial charge on any atom is -0.497 e. The smallest absolute Gasteiger partial charge is 0.259 e. The van der Waals surface area contributed by atoms with Crippen molar-refractivity contribution in [3.05, 3.63) is 66.0 Å². The predicted octanol–water partition coefficient (Wildman–Crippen LogP) is 2.85. The van der Waals surface area contributed by atoms with E-state index in [-0.39, 0.29) is 10.8 Å². The summed E-state index contributed by atoms with van der Waals surface area (Å²) >= 11 is 0. The number of rotatable bonds is 5. The van der Waals surface area contributed by atoms with Gasteiger partial charge >= 0.3 is 0 Å². The summed E-state index contributed by atoms with van der Waals surface area (Å²) in [4.78, 5) is 12.8. The summed E-state index contributed by atoms with van der Waals surface area (Å²) in [6.07, 6.45) is 2.60. The van der Waals surface area contributed by atoms with E-state index >= 15 is 0 Å². The summed E-state index contributed by atoms with van der Waals surface area (Å²) in [6.45, 7) is 1.79. The number of benzene rings is 2. The zero-order valence-corrected chi connectivity index (χ0v) is 15.9. The average molecular weight is 385 g/mol. The highest BCUT2D eigenvalue weighted by molar-refractivity contribution is 7.90. The Kier molecular flexibility index (Phi) is 5.00. The van der Waals surface area contributed by atoms with Crippen molar-refractivity contribution >= 4 is 21.4 Å². The number of carbonyl (C=O) groups is 1. The number of nitrogens with one attached hydrogen (secondary N) is 1. The van der Waals surface area contributed by atoms with Gasteiger partial charge in [-0.2, -0.15) is 5.10 Å². The van der Waals surface area contributed by atoms with E-state index in [0.717, 1.165) is 17.7 Å². The number of anilines is 1. The van der Waals surface area contributed by atoms with E-state index in [2.05, 4.69) is 10.4 Å². The molecule has 2 aromatic carbocycles. The monoisotopic (exact) mass is 385 g/mol. The number of sulfone groups is 1. The first-order valence-electron chi connectivity index (χ1n) is 8.10. The zero-order chi connectivity index (χ0) is 19.6. The molecule has 0 aliphatic rings. The number of amides is 1. The highest BCUT2D eigenvalue weighted by atomic mass is 32.2. The van der Waals surface area contributed by atoms with Crippen LogP contribution in [-0.4, -0.2) is 37.5 Å². The van der Waals surface area contributed by atoms with Crippen molar-refractivity contribution in [2.45, 2.75) is 11.8 Å². The van der Waals surface area contributed by atoms with Crippen LogP contribution in [0.25, 0.3) is 5.69 Å². The van der Waals surface area contributed by atoms with E-state index < -0.39 is 9.84 Å². The summed E-state index contributed by atoms with van der Waals surface area (Å²) in [5.41, 5.74) is 2.26. The van der Waals surface area contributed by atoms with Crippen molar-refractivity contribution in [2.75, 3.05) is 18.7 Å². The number of aromatic nitrogens is 2. The summed E-state index contributed by atoms with van der Waals surface area (Å²) in [5, 5.41) is 7.00. The predicted molar refractivity (Wildman–Crippen MR) is 102 cm³/mol. The minimum absolute atomic E-state index is 0.144. The van der Waals surface area contributed by atoms with E-state index in [1.807, 2.05) is 24.3 Å². The molecule has 0 bridgehead atoms. The molecule has 0 aliphatic heterocycles. The molecule has 0 saturated heterocycles. The first-order chi connectivity index (χ1) is 12.8. The van der Waals surface area contributed by atoms with Crippen molar-refractivity contribution in [3.8, 4) is 11.4 Å². The largest absolute Gasteiger partial charge is 0.497 e. The van der Waals surface area contributed by atoms with Gasteiger partial charge in [0.25, 0.3) is 5.91 Å². The van der Waals surface area contributed by atoms with Crippen LogP contribution in [0.15, 0.2) is 59.6 Å². The van der Waals surface area contributed by atoms with E-state index in [1.54, 1.807) is 30.8 Å². The van der Waals surface area contributed by atoms with Crippen molar-refractivity contribution in [1.29, 1.82) is 0 Å². The molecule has 0 atom stereocenters. The molecule has 1 amide bonds. The Bertz CT molecular complexity index is 1090. The first kappa shape index (κ1) is 18.7. The first-order valence-corrected chi connectivity index (χ1v) is 9.99. The molecule has 0 aliphatic carbocycles. The van der Waals surface area contributed by atoms with Crippen molar-refractivity contribution < 1.29 is 17.9 Å². The van der Waals surface area contributed by atoms with Gasteiger partial charge < -0.3 is 10.1 Å². The molecule has 1 aromatic heterocycles. The van der Waals surface area contributed by atoms with Gasteiger partial charge in [0.15, 0.2) is 9.84 Å². The summed E-state index contributed by atoms with van der Waals surface area (Å²) in [7, 11) is -1.76. The van der Waals surface area contributed by atoms with Crippen LogP contribution in [0.1, 0.15) is 16.1 Å². The molecular formula is C19H19N3O4S. The quantitative estimate of drug-likeness (QED) is 0.729. The maximum absolute atomic E-state index is 12.6. The normalized spacial score (nSPS) is 11.2. The molecule has 3 rings (SSSR count). The third-order valence-electron chi connectivity index (χ3n) is 4.09. The molecule has 3 aromatic rings. The molecular weight excluding hydrogens is 366 g/mol. The molecule has 0 radical (unpaired) electrons. The van der Waals surface area contributed by atoms with Gasteiger partial charge in [0.2, 0.25) is 0 Å². The summed E-state index contributed by atoms with van der Waals surface area (Å²) in [5.74, 6) is 0.366. The maximum atomic E-state index is 12.6. The van der Waals surface area contributed by atoms with Crippen LogP contribution in [-0.2, 0) is 9.84 Å². The summed E-state index contributed by atoms with van der Waals surface area (Å²) < 4.78 is 30.1. The lowest BCUT2D eigenvalue weighted by Gasteiger charge is -2.08. The van der Waals surface area contributed by atoms with Crippen LogP contribution in [0.5, 0.6) is 5.75 Å². The molecule has 1 N–H and O–H groups in total. The number of carbonyl (C=O) groups excluding carboxylic acids is 1. The lowest BCUT2D eigenvalue weighted by Crippen LogP contribution is -2.13. The molecule has 8 heteroatoms. The highest BCUT2D eigenvalue weighted by Gasteiger charge is 2.16. The number of ether oxygens (including phenoxy) is 1. The Morgan fingerprint density at radius 2 is 1.85 bits per heavy atom. The summed E-state index contributed by atoms with van der Waals surface area (Å²) in [6, 6.07) is 13.4. The van der Waals surface area contributed by atoms with Crippen LogP contribution < -0.4 is 10.1 Å². The third kappa shape index (κ3) is 4.01. The number of hydrogen-bond acceptors (Lipinski definition) is 5. The molecule has 0 unspecified atom stereocenters. The van der Waals surface area contributed by atoms with Crippen LogP contribution in [0.2, 0.25) is 0 Å². The second-order valence-corrected chi connectivity index (χ2v) is 8.02. The second-order valence-electron chi connectivity index (χ2n) is 6.01. The van der Waals surface area contributed by atoms with Gasteiger partial charge in [-0.3, -0.25) is 4.79 Å². The van der Waals surface area contributed by atoms with Gasteiger partial charge in [0.05, 0.1) is 35.1 Å². The molecule has 0 spiro atoms. The third-order valence-corrected chi connectivity index (χ3v) is 5.20. The minimum atomic E-state index is -3.35. The lowest BCUT2D eigenvalue weighted by atomic mass is 10.2. The standard InChI is InChI=1S/C19H19N3O4S/c1-13-18(12-20-22(13)15-7-9-16(26-2)10-8-15)19(23)21-14-5-4-6-17(11-14)27(3,24)25/h4-12H,1-3H3,(H,21,23). The van der Waals surface area contributed by atoms with Gasteiger partial charge in [-0.1, -0.05) is 6.07 Å². The number of methoxy groups -OCH3 is 1. The van der Waals surface area contributed by atoms with Gasteiger partial charge in [0, 0.05) is 11.9 Å². The number of nitrogens with zero attached hydrogens (tertiary/aromatic N) is 2. The van der Waals surface area contributed by atoms with E-state index in [9.17, 15) is 13.2 Å². The highest BCUT2D eigenvalue weighted by Crippen LogP contribution is 2.20. The Balaban J connectivity index is 1.85. The molecule has 0 saturated carbocycles. The Labute approximate surface area is 157 Å². The van der Waals surface area contributed by atoms with Gasteiger partial charge in [-0.25, -0.2) is 13.1 Å². The van der Waals surface area contributed by atoms with Crippen LogP contribution >= 0.6 is 0 Å². The lowest BCUT2D eigenvalue weighted by molar-refractivity contribution is 0.102. The second kappa shape index (κ2) is 7.24. The maximum Gasteiger partial charge on any atom is 0.259 e. The molecule has 140 valence electrons. The van der Waals surface area contributed by atoms with Gasteiger partial charge in [-0.15, -0.1) is 0 Å². The van der Waals surface area contributed by atoms with Crippen LogP contribution in [0, 0.1) is 6.92 Å². The molecule has 7 nitrogen and oxygen atoms in total. The average Bonchev–Trinajstić information content (AvgIpc) is 3.03. The zero-order valence-electron chi connectivity index (χ0n) is 15.1. The fourth-order valence-corrected chi connectivity index (χ4v) is 3.29. The molecule has 1 heterocycles. The SMILES string of the molecule is COc1ccc(-n2ncc(C(=O)Nc3cccc(S(C)(=O)=O)c3)c2C)cc1.